The summed E-state index contributed by atoms with van der Waals surface area (Å²) in [7, 11) is 0. The van der Waals surface area contributed by atoms with E-state index in [9.17, 15) is 19.5 Å². The third kappa shape index (κ3) is 4.31. The van der Waals surface area contributed by atoms with Crippen molar-refractivity contribution >= 4 is 23.5 Å². The fourth-order valence-electron chi connectivity index (χ4n) is 1.84. The summed E-state index contributed by atoms with van der Waals surface area (Å²) < 4.78 is 4.84. The van der Waals surface area contributed by atoms with Crippen molar-refractivity contribution in [2.45, 2.75) is 0 Å². The Labute approximate surface area is 131 Å². The topological polar surface area (TPSA) is 119 Å². The van der Waals surface area contributed by atoms with Gasteiger partial charge in [0.2, 0.25) is 0 Å². The van der Waals surface area contributed by atoms with Crippen LogP contribution in [-0.2, 0) is 9.53 Å². The number of hydrogen-bond donors (Lipinski definition) is 3. The molecule has 0 spiro atoms. The molecule has 7 heteroatoms. The average molecular weight is 314 g/mol. The van der Waals surface area contributed by atoms with Crippen LogP contribution >= 0.6 is 0 Å². The maximum atomic E-state index is 11.8. The van der Waals surface area contributed by atoms with E-state index in [2.05, 4.69) is 5.32 Å². The van der Waals surface area contributed by atoms with Crippen molar-refractivity contribution in [2.24, 2.45) is 5.73 Å². The maximum Gasteiger partial charge on any atom is 0.338 e. The van der Waals surface area contributed by atoms with Crippen molar-refractivity contribution in [1.29, 1.82) is 0 Å². The molecule has 0 unspecified atom stereocenters. The Morgan fingerprint density at radius 3 is 2.52 bits per heavy atom. The van der Waals surface area contributed by atoms with E-state index in [-0.39, 0.29) is 22.6 Å². The highest BCUT2D eigenvalue weighted by Crippen LogP contribution is 2.14. The number of aromatic hydroxyl groups is 1. The number of rotatable bonds is 5. The number of ether oxygens (including phenoxy) is 1. The standard InChI is InChI=1S/C16H14N2O5/c17-15(21)12-6-1-2-7-13(12)18-14(20)9-23-16(22)10-4-3-5-11(19)8-10/h1-8,19H,9H2,(H2,17,21)(H,18,20). The van der Waals surface area contributed by atoms with E-state index in [0.29, 0.717) is 0 Å². The zero-order valence-electron chi connectivity index (χ0n) is 12.0. The Morgan fingerprint density at radius 2 is 1.83 bits per heavy atom. The van der Waals surface area contributed by atoms with E-state index in [1.807, 2.05) is 0 Å². The van der Waals surface area contributed by atoms with E-state index < -0.39 is 24.4 Å². The van der Waals surface area contributed by atoms with Crippen LogP contribution in [0.5, 0.6) is 5.75 Å². The summed E-state index contributed by atoms with van der Waals surface area (Å²) in [6.45, 7) is -0.540. The first-order chi connectivity index (χ1) is 11.0. The lowest BCUT2D eigenvalue weighted by molar-refractivity contribution is -0.119. The molecule has 2 amide bonds. The van der Waals surface area contributed by atoms with Gasteiger partial charge in [-0.15, -0.1) is 0 Å². The van der Waals surface area contributed by atoms with Crippen LogP contribution in [-0.4, -0.2) is 29.5 Å². The van der Waals surface area contributed by atoms with Crippen molar-refractivity contribution in [3.63, 3.8) is 0 Å². The molecule has 0 bridgehead atoms. The number of anilines is 1. The van der Waals surface area contributed by atoms with Crippen molar-refractivity contribution in [1.82, 2.24) is 0 Å². The molecule has 2 aromatic carbocycles. The van der Waals surface area contributed by atoms with Crippen molar-refractivity contribution in [3.8, 4) is 5.75 Å². The van der Waals surface area contributed by atoms with Gasteiger partial charge in [0.25, 0.3) is 11.8 Å². The number of benzene rings is 2. The number of carbonyl (C=O) groups excluding carboxylic acids is 3. The summed E-state index contributed by atoms with van der Waals surface area (Å²) in [5.74, 6) is -2.14. The third-order valence-electron chi connectivity index (χ3n) is 2.88. The predicted molar refractivity (Wildman–Crippen MR) is 82.0 cm³/mol. The second-order valence-corrected chi connectivity index (χ2v) is 4.58. The van der Waals surface area contributed by atoms with Crippen LogP contribution in [0.2, 0.25) is 0 Å². The van der Waals surface area contributed by atoms with E-state index in [4.69, 9.17) is 10.5 Å². The van der Waals surface area contributed by atoms with Gasteiger partial charge in [-0.2, -0.15) is 0 Å². The van der Waals surface area contributed by atoms with Gasteiger partial charge in [-0.1, -0.05) is 18.2 Å². The number of nitrogens with two attached hydrogens (primary N) is 1. The SMILES string of the molecule is NC(=O)c1ccccc1NC(=O)COC(=O)c1cccc(O)c1. The second-order valence-electron chi connectivity index (χ2n) is 4.58. The Kier molecular flexibility index (Phi) is 4.93. The van der Waals surface area contributed by atoms with Gasteiger partial charge in [0.05, 0.1) is 16.8 Å². The number of nitrogens with one attached hydrogen (secondary N) is 1. The lowest BCUT2D eigenvalue weighted by Gasteiger charge is -2.09. The summed E-state index contributed by atoms with van der Waals surface area (Å²) in [5, 5.41) is 11.7. The number of carbonyl (C=O) groups is 3. The van der Waals surface area contributed by atoms with Crippen molar-refractivity contribution in [3.05, 3.63) is 59.7 Å². The average Bonchev–Trinajstić information content (AvgIpc) is 2.53. The van der Waals surface area contributed by atoms with Crippen molar-refractivity contribution < 1.29 is 24.2 Å². The Balaban J connectivity index is 1.96. The third-order valence-corrected chi connectivity index (χ3v) is 2.88. The van der Waals surface area contributed by atoms with Gasteiger partial charge in [0, 0.05) is 0 Å². The molecule has 23 heavy (non-hydrogen) atoms. The molecule has 2 rings (SSSR count). The number of hydrogen-bond acceptors (Lipinski definition) is 5. The summed E-state index contributed by atoms with van der Waals surface area (Å²) in [5.41, 5.74) is 5.71. The predicted octanol–water partition coefficient (Wildman–Crippen LogP) is 1.29. The summed E-state index contributed by atoms with van der Waals surface area (Å²) >= 11 is 0. The molecule has 0 aliphatic rings. The van der Waals surface area contributed by atoms with Crippen LogP contribution in [0.15, 0.2) is 48.5 Å². The van der Waals surface area contributed by atoms with Gasteiger partial charge >= 0.3 is 5.97 Å². The van der Waals surface area contributed by atoms with Crippen LogP contribution in [0.3, 0.4) is 0 Å². The molecule has 0 saturated carbocycles. The lowest BCUT2D eigenvalue weighted by atomic mass is 10.1. The van der Waals surface area contributed by atoms with Gasteiger partial charge in [-0.25, -0.2) is 4.79 Å². The smallest absolute Gasteiger partial charge is 0.338 e. The van der Waals surface area contributed by atoms with Gasteiger partial charge < -0.3 is 20.9 Å². The molecule has 0 atom stereocenters. The molecule has 0 saturated heterocycles. The van der Waals surface area contributed by atoms with Crippen LogP contribution in [0.1, 0.15) is 20.7 Å². The minimum atomic E-state index is -0.751. The molecule has 0 heterocycles. The molecule has 0 fully saturated rings. The lowest BCUT2D eigenvalue weighted by Crippen LogP contribution is -2.23. The largest absolute Gasteiger partial charge is 0.508 e. The Hall–Kier alpha value is -3.35. The summed E-state index contributed by atoms with van der Waals surface area (Å²) in [4.78, 5) is 34.8. The van der Waals surface area contributed by atoms with E-state index in [1.165, 1.54) is 36.4 Å². The van der Waals surface area contributed by atoms with E-state index >= 15 is 0 Å². The van der Waals surface area contributed by atoms with Crippen LogP contribution in [0, 0.1) is 0 Å². The molecule has 118 valence electrons. The van der Waals surface area contributed by atoms with Crippen LogP contribution in [0.25, 0.3) is 0 Å². The number of primary amides is 1. The highest BCUT2D eigenvalue weighted by molar-refractivity contribution is 6.03. The molecule has 0 aliphatic carbocycles. The summed E-state index contributed by atoms with van der Waals surface area (Å²) in [6, 6.07) is 11.8. The zero-order chi connectivity index (χ0) is 16.8. The fraction of sp³-hybridized carbons (Fsp3) is 0.0625. The molecule has 0 aliphatic heterocycles. The zero-order valence-corrected chi connectivity index (χ0v) is 12.0. The van der Waals surface area contributed by atoms with Crippen LogP contribution in [0.4, 0.5) is 5.69 Å². The van der Waals surface area contributed by atoms with Crippen molar-refractivity contribution in [2.75, 3.05) is 11.9 Å². The monoisotopic (exact) mass is 314 g/mol. The second kappa shape index (κ2) is 7.08. The quantitative estimate of drug-likeness (QED) is 0.718. The molecular formula is C16H14N2O5. The van der Waals surface area contributed by atoms with Crippen LogP contribution < -0.4 is 11.1 Å². The molecule has 2 aromatic rings. The first-order valence-electron chi connectivity index (χ1n) is 6.62. The molecular weight excluding hydrogens is 300 g/mol. The minimum Gasteiger partial charge on any atom is -0.508 e. The molecule has 0 aromatic heterocycles. The van der Waals surface area contributed by atoms with E-state index in [0.717, 1.165) is 0 Å². The highest BCUT2D eigenvalue weighted by Gasteiger charge is 2.13. The van der Waals surface area contributed by atoms with E-state index in [1.54, 1.807) is 12.1 Å². The number of para-hydroxylation sites is 1. The summed E-state index contributed by atoms with van der Waals surface area (Å²) in [6.07, 6.45) is 0. The van der Waals surface area contributed by atoms with Gasteiger partial charge in [0.1, 0.15) is 5.75 Å². The molecule has 0 radical (unpaired) electrons. The molecule has 7 nitrogen and oxygen atoms in total. The molecule has 4 N–H and O–H groups in total. The number of amides is 2. The number of esters is 1. The first kappa shape index (κ1) is 16.0. The highest BCUT2D eigenvalue weighted by atomic mass is 16.5. The minimum absolute atomic E-state index is 0.0840. The maximum absolute atomic E-state index is 11.8. The van der Waals surface area contributed by atoms with Gasteiger partial charge in [-0.3, -0.25) is 9.59 Å². The van der Waals surface area contributed by atoms with Gasteiger partial charge in [0.15, 0.2) is 6.61 Å². The fourth-order valence-corrected chi connectivity index (χ4v) is 1.84. The normalized spacial score (nSPS) is 9.91. The first-order valence-corrected chi connectivity index (χ1v) is 6.62. The number of phenolic OH excluding ortho intramolecular Hbond substituents is 1. The Bertz CT molecular complexity index is 758. The number of phenols is 1. The Morgan fingerprint density at radius 1 is 1.09 bits per heavy atom. The van der Waals surface area contributed by atoms with Gasteiger partial charge in [-0.05, 0) is 30.3 Å².